The number of hydrogen-bond acceptors (Lipinski definition) is 2. The first-order chi connectivity index (χ1) is 11.6. The molecule has 0 radical (unpaired) electrons. The molecule has 1 heterocycles. The maximum atomic E-state index is 13.2. The van der Waals surface area contributed by atoms with E-state index in [2.05, 4.69) is 17.3 Å². The van der Waals surface area contributed by atoms with Crippen molar-refractivity contribution in [3.05, 3.63) is 47.0 Å². The lowest BCUT2D eigenvalue weighted by molar-refractivity contribution is 0.0932. The van der Waals surface area contributed by atoms with Crippen molar-refractivity contribution in [1.29, 1.82) is 0 Å². The van der Waals surface area contributed by atoms with Crippen LogP contribution in [-0.2, 0) is 12.8 Å². The molecule has 4 nitrogen and oxygen atoms in total. The number of amides is 1. The molecule has 1 amide bonds. The third-order valence-corrected chi connectivity index (χ3v) is 4.57. The Balaban J connectivity index is 1.95. The predicted molar refractivity (Wildman–Crippen MR) is 92.0 cm³/mol. The minimum atomic E-state index is -0.272. The molecule has 1 aromatic carbocycles. The molecule has 24 heavy (non-hydrogen) atoms. The summed E-state index contributed by atoms with van der Waals surface area (Å²) >= 11 is 0. The van der Waals surface area contributed by atoms with Gasteiger partial charge in [0.25, 0.3) is 5.91 Å². The van der Waals surface area contributed by atoms with E-state index in [1.54, 1.807) is 12.1 Å². The van der Waals surface area contributed by atoms with Gasteiger partial charge in [0, 0.05) is 17.3 Å². The Bertz CT molecular complexity index is 721. The van der Waals surface area contributed by atoms with Crippen LogP contribution >= 0.6 is 0 Å². The molecule has 1 aliphatic carbocycles. The molecule has 1 atom stereocenters. The molecule has 1 unspecified atom stereocenters. The lowest BCUT2D eigenvalue weighted by Gasteiger charge is -2.15. The highest BCUT2D eigenvalue weighted by molar-refractivity contribution is 5.94. The van der Waals surface area contributed by atoms with Crippen LogP contribution in [0.25, 0.3) is 5.69 Å². The van der Waals surface area contributed by atoms with Crippen molar-refractivity contribution in [3.8, 4) is 5.69 Å². The lowest BCUT2D eigenvalue weighted by Crippen LogP contribution is -2.33. The number of halogens is 1. The van der Waals surface area contributed by atoms with Crippen LogP contribution in [-0.4, -0.2) is 21.7 Å². The Morgan fingerprint density at radius 1 is 1.29 bits per heavy atom. The van der Waals surface area contributed by atoms with Gasteiger partial charge in [0.15, 0.2) is 5.69 Å². The minimum absolute atomic E-state index is 0.102. The summed E-state index contributed by atoms with van der Waals surface area (Å²) in [6, 6.07) is 6.40. The van der Waals surface area contributed by atoms with Crippen LogP contribution in [0, 0.1) is 5.82 Å². The van der Waals surface area contributed by atoms with E-state index in [4.69, 9.17) is 0 Å². The van der Waals surface area contributed by atoms with E-state index in [1.165, 1.54) is 12.1 Å². The summed E-state index contributed by atoms with van der Waals surface area (Å²) < 4.78 is 15.0. The maximum Gasteiger partial charge on any atom is 0.272 e. The summed E-state index contributed by atoms with van der Waals surface area (Å²) in [5, 5.41) is 7.63. The van der Waals surface area contributed by atoms with Crippen molar-refractivity contribution in [2.24, 2.45) is 0 Å². The number of carbonyl (C=O) groups excluding carboxylic acids is 1. The number of benzene rings is 1. The number of rotatable bonds is 5. The first kappa shape index (κ1) is 16.7. The number of nitrogens with one attached hydrogen (secondary N) is 1. The smallest absolute Gasteiger partial charge is 0.272 e. The molecule has 0 aliphatic heterocycles. The van der Waals surface area contributed by atoms with Gasteiger partial charge < -0.3 is 5.32 Å². The Morgan fingerprint density at radius 3 is 2.71 bits per heavy atom. The number of nitrogens with zero attached hydrogens (tertiary/aromatic N) is 2. The maximum absolute atomic E-state index is 13.2. The van der Waals surface area contributed by atoms with E-state index in [-0.39, 0.29) is 17.8 Å². The number of fused-ring (bicyclic) bond motifs is 1. The molecular weight excluding hydrogens is 305 g/mol. The Hall–Kier alpha value is -2.17. The van der Waals surface area contributed by atoms with Crippen LogP contribution in [0.1, 0.15) is 61.3 Å². The van der Waals surface area contributed by atoms with Crippen molar-refractivity contribution in [3.63, 3.8) is 0 Å². The molecule has 0 saturated heterocycles. The molecule has 5 heteroatoms. The Labute approximate surface area is 142 Å². The Kier molecular flexibility index (Phi) is 4.97. The topological polar surface area (TPSA) is 46.9 Å². The molecule has 2 aromatic rings. The third-order valence-electron chi connectivity index (χ3n) is 4.57. The fourth-order valence-electron chi connectivity index (χ4n) is 3.37. The van der Waals surface area contributed by atoms with Gasteiger partial charge in [-0.05, 0) is 63.3 Å². The van der Waals surface area contributed by atoms with Gasteiger partial charge in [0.05, 0.1) is 5.69 Å². The third kappa shape index (κ3) is 3.35. The summed E-state index contributed by atoms with van der Waals surface area (Å²) in [5.74, 6) is -0.374. The van der Waals surface area contributed by atoms with Gasteiger partial charge in [-0.15, -0.1) is 0 Å². The second-order valence-corrected chi connectivity index (χ2v) is 6.53. The SMILES string of the molecule is CCCC(C)NC(=O)c1nn(-c2ccc(F)cc2)c2c1CCCC2. The molecule has 1 aromatic heterocycles. The van der Waals surface area contributed by atoms with Crippen molar-refractivity contribution >= 4 is 5.91 Å². The molecular formula is C19H24FN3O. The van der Waals surface area contributed by atoms with Gasteiger partial charge in [0.1, 0.15) is 5.82 Å². The fraction of sp³-hybridized carbons (Fsp3) is 0.474. The van der Waals surface area contributed by atoms with Crippen LogP contribution in [0.15, 0.2) is 24.3 Å². The fourth-order valence-corrected chi connectivity index (χ4v) is 3.37. The monoisotopic (exact) mass is 329 g/mol. The normalized spacial score (nSPS) is 15.0. The highest BCUT2D eigenvalue weighted by Gasteiger charge is 2.26. The second kappa shape index (κ2) is 7.16. The zero-order chi connectivity index (χ0) is 17.1. The quantitative estimate of drug-likeness (QED) is 0.907. The second-order valence-electron chi connectivity index (χ2n) is 6.53. The molecule has 0 fully saturated rings. The highest BCUT2D eigenvalue weighted by Crippen LogP contribution is 2.27. The standard InChI is InChI=1S/C19H24FN3O/c1-3-6-13(2)21-19(24)18-16-7-4-5-8-17(16)23(22-18)15-11-9-14(20)10-12-15/h9-13H,3-8H2,1-2H3,(H,21,24). The molecule has 128 valence electrons. The van der Waals surface area contributed by atoms with Gasteiger partial charge in [-0.1, -0.05) is 13.3 Å². The molecule has 3 rings (SSSR count). The van der Waals surface area contributed by atoms with Crippen molar-refractivity contribution in [2.75, 3.05) is 0 Å². The van der Waals surface area contributed by atoms with Crippen LogP contribution in [0.3, 0.4) is 0 Å². The lowest BCUT2D eigenvalue weighted by atomic mass is 9.95. The largest absolute Gasteiger partial charge is 0.348 e. The average molecular weight is 329 g/mol. The average Bonchev–Trinajstić information content (AvgIpc) is 2.95. The van der Waals surface area contributed by atoms with E-state index in [0.717, 1.165) is 55.5 Å². The molecule has 0 bridgehead atoms. The Morgan fingerprint density at radius 2 is 2.00 bits per heavy atom. The summed E-state index contributed by atoms with van der Waals surface area (Å²) in [6.07, 6.45) is 5.93. The number of aromatic nitrogens is 2. The number of carbonyl (C=O) groups is 1. The number of hydrogen-bond donors (Lipinski definition) is 1. The van der Waals surface area contributed by atoms with Crippen molar-refractivity contribution < 1.29 is 9.18 Å². The summed E-state index contributed by atoms with van der Waals surface area (Å²) in [6.45, 7) is 4.12. The molecule has 0 saturated carbocycles. The van der Waals surface area contributed by atoms with Crippen LogP contribution in [0.2, 0.25) is 0 Å². The van der Waals surface area contributed by atoms with Gasteiger partial charge >= 0.3 is 0 Å². The minimum Gasteiger partial charge on any atom is -0.348 e. The van der Waals surface area contributed by atoms with Crippen molar-refractivity contribution in [1.82, 2.24) is 15.1 Å². The van der Waals surface area contributed by atoms with E-state index in [9.17, 15) is 9.18 Å². The molecule has 1 aliphatic rings. The van der Waals surface area contributed by atoms with Gasteiger partial charge in [-0.25, -0.2) is 9.07 Å². The van der Waals surface area contributed by atoms with Crippen molar-refractivity contribution in [2.45, 2.75) is 58.4 Å². The summed E-state index contributed by atoms with van der Waals surface area (Å²) in [4.78, 5) is 12.7. The van der Waals surface area contributed by atoms with Crippen LogP contribution in [0.4, 0.5) is 4.39 Å². The van der Waals surface area contributed by atoms with E-state index < -0.39 is 0 Å². The van der Waals surface area contributed by atoms with Gasteiger partial charge in [-0.2, -0.15) is 5.10 Å². The summed E-state index contributed by atoms with van der Waals surface area (Å²) in [7, 11) is 0. The van der Waals surface area contributed by atoms with E-state index >= 15 is 0 Å². The first-order valence-corrected chi connectivity index (χ1v) is 8.77. The highest BCUT2D eigenvalue weighted by atomic mass is 19.1. The predicted octanol–water partition coefficient (Wildman–Crippen LogP) is 3.81. The zero-order valence-electron chi connectivity index (χ0n) is 14.3. The first-order valence-electron chi connectivity index (χ1n) is 8.77. The summed E-state index contributed by atoms with van der Waals surface area (Å²) in [5.41, 5.74) is 3.46. The van der Waals surface area contributed by atoms with Crippen LogP contribution < -0.4 is 5.32 Å². The van der Waals surface area contributed by atoms with E-state index in [1.807, 2.05) is 11.6 Å². The van der Waals surface area contributed by atoms with Crippen LogP contribution in [0.5, 0.6) is 0 Å². The van der Waals surface area contributed by atoms with E-state index in [0.29, 0.717) is 5.69 Å². The molecule has 1 N–H and O–H groups in total. The zero-order valence-corrected chi connectivity index (χ0v) is 14.3. The molecule has 0 spiro atoms. The van der Waals surface area contributed by atoms with Gasteiger partial charge in [-0.3, -0.25) is 4.79 Å². The van der Waals surface area contributed by atoms with Gasteiger partial charge in [0.2, 0.25) is 0 Å².